The van der Waals surface area contributed by atoms with Crippen LogP contribution in [0.5, 0.6) is 5.75 Å². The molecule has 0 radical (unpaired) electrons. The second kappa shape index (κ2) is 6.45. The SMILES string of the molecule is CCCC(O)CNCc1nc(C)ccc1O. The summed E-state index contributed by atoms with van der Waals surface area (Å²) in [5.41, 5.74) is 1.51. The van der Waals surface area contributed by atoms with Crippen molar-refractivity contribution in [3.05, 3.63) is 23.5 Å². The average Bonchev–Trinajstić information content (AvgIpc) is 2.23. The topological polar surface area (TPSA) is 65.4 Å². The third-order valence-electron chi connectivity index (χ3n) is 2.38. The monoisotopic (exact) mass is 224 g/mol. The summed E-state index contributed by atoms with van der Waals surface area (Å²) >= 11 is 0. The predicted molar refractivity (Wildman–Crippen MR) is 63.3 cm³/mol. The summed E-state index contributed by atoms with van der Waals surface area (Å²) in [5, 5.41) is 22.1. The van der Waals surface area contributed by atoms with E-state index in [0.29, 0.717) is 18.8 Å². The van der Waals surface area contributed by atoms with Crippen LogP contribution in [0.25, 0.3) is 0 Å². The first-order valence-electron chi connectivity index (χ1n) is 5.67. The Morgan fingerprint density at radius 1 is 1.44 bits per heavy atom. The number of nitrogens with one attached hydrogen (secondary N) is 1. The van der Waals surface area contributed by atoms with E-state index in [2.05, 4.69) is 10.3 Å². The molecule has 1 unspecified atom stereocenters. The van der Waals surface area contributed by atoms with Crippen LogP contribution in [0.2, 0.25) is 0 Å². The molecule has 0 amide bonds. The van der Waals surface area contributed by atoms with Gasteiger partial charge in [-0.25, -0.2) is 0 Å². The molecule has 0 aliphatic rings. The third kappa shape index (κ3) is 4.16. The summed E-state index contributed by atoms with van der Waals surface area (Å²) in [6, 6.07) is 3.41. The van der Waals surface area contributed by atoms with Crippen LogP contribution in [0, 0.1) is 6.92 Å². The van der Waals surface area contributed by atoms with Crippen molar-refractivity contribution in [2.75, 3.05) is 6.54 Å². The number of aromatic nitrogens is 1. The van der Waals surface area contributed by atoms with Crippen molar-refractivity contribution in [1.29, 1.82) is 0 Å². The molecule has 1 rings (SSSR count). The summed E-state index contributed by atoms with van der Waals surface area (Å²) in [6.07, 6.45) is 1.44. The van der Waals surface area contributed by atoms with Crippen molar-refractivity contribution in [3.8, 4) is 5.75 Å². The van der Waals surface area contributed by atoms with Crippen molar-refractivity contribution in [2.45, 2.75) is 39.3 Å². The number of aryl methyl sites for hydroxylation is 1. The fourth-order valence-corrected chi connectivity index (χ4v) is 1.53. The first-order chi connectivity index (χ1) is 7.63. The Balaban J connectivity index is 2.39. The number of pyridine rings is 1. The van der Waals surface area contributed by atoms with Crippen LogP contribution in [0.4, 0.5) is 0 Å². The first-order valence-corrected chi connectivity index (χ1v) is 5.67. The molecule has 4 heteroatoms. The van der Waals surface area contributed by atoms with Gasteiger partial charge in [0.25, 0.3) is 0 Å². The van der Waals surface area contributed by atoms with Crippen molar-refractivity contribution in [1.82, 2.24) is 10.3 Å². The Labute approximate surface area is 96.3 Å². The zero-order valence-electron chi connectivity index (χ0n) is 9.90. The van der Waals surface area contributed by atoms with Gasteiger partial charge in [0.05, 0.1) is 11.8 Å². The Morgan fingerprint density at radius 3 is 2.88 bits per heavy atom. The van der Waals surface area contributed by atoms with Gasteiger partial charge in [0.2, 0.25) is 0 Å². The van der Waals surface area contributed by atoms with Gasteiger partial charge in [0.1, 0.15) is 5.75 Å². The van der Waals surface area contributed by atoms with Crippen LogP contribution in [0.15, 0.2) is 12.1 Å². The molecular weight excluding hydrogens is 204 g/mol. The minimum Gasteiger partial charge on any atom is -0.506 e. The highest BCUT2D eigenvalue weighted by atomic mass is 16.3. The largest absolute Gasteiger partial charge is 0.506 e. The lowest BCUT2D eigenvalue weighted by atomic mass is 10.2. The van der Waals surface area contributed by atoms with Gasteiger partial charge in [-0.15, -0.1) is 0 Å². The lowest BCUT2D eigenvalue weighted by Gasteiger charge is -2.11. The number of aliphatic hydroxyl groups is 1. The fraction of sp³-hybridized carbons (Fsp3) is 0.583. The Morgan fingerprint density at radius 2 is 2.19 bits per heavy atom. The maximum Gasteiger partial charge on any atom is 0.138 e. The van der Waals surface area contributed by atoms with Gasteiger partial charge >= 0.3 is 0 Å². The maximum absolute atomic E-state index is 9.54. The van der Waals surface area contributed by atoms with Gasteiger partial charge in [-0.3, -0.25) is 4.98 Å². The predicted octanol–water partition coefficient (Wildman–Crippen LogP) is 1.35. The summed E-state index contributed by atoms with van der Waals surface area (Å²) in [4.78, 5) is 4.22. The fourth-order valence-electron chi connectivity index (χ4n) is 1.53. The van der Waals surface area contributed by atoms with E-state index in [0.717, 1.165) is 18.5 Å². The standard InChI is InChI=1S/C12H20N2O2/c1-3-4-10(15)7-13-8-11-12(16)6-5-9(2)14-11/h5-6,10,13,15-16H,3-4,7-8H2,1-2H3. The van der Waals surface area contributed by atoms with Crippen molar-refractivity contribution in [3.63, 3.8) is 0 Å². The number of aromatic hydroxyl groups is 1. The number of rotatable bonds is 6. The van der Waals surface area contributed by atoms with E-state index in [9.17, 15) is 10.2 Å². The van der Waals surface area contributed by atoms with Crippen LogP contribution in [-0.4, -0.2) is 27.8 Å². The van der Waals surface area contributed by atoms with Crippen LogP contribution >= 0.6 is 0 Å². The van der Waals surface area contributed by atoms with Gasteiger partial charge in [0.15, 0.2) is 0 Å². The minimum atomic E-state index is -0.322. The summed E-state index contributed by atoms with van der Waals surface area (Å²) < 4.78 is 0. The number of aliphatic hydroxyl groups excluding tert-OH is 1. The lowest BCUT2D eigenvalue weighted by molar-refractivity contribution is 0.160. The normalized spacial score (nSPS) is 12.7. The molecule has 0 spiro atoms. The maximum atomic E-state index is 9.54. The molecule has 0 fully saturated rings. The molecule has 0 bridgehead atoms. The summed E-state index contributed by atoms with van der Waals surface area (Å²) in [5.74, 6) is 0.197. The molecule has 1 aromatic heterocycles. The van der Waals surface area contributed by atoms with Gasteiger partial charge in [-0.05, 0) is 25.5 Å². The average molecular weight is 224 g/mol. The van der Waals surface area contributed by atoms with E-state index in [4.69, 9.17) is 0 Å². The highest BCUT2D eigenvalue weighted by Gasteiger charge is 2.05. The highest BCUT2D eigenvalue weighted by molar-refractivity contribution is 5.27. The molecule has 1 heterocycles. The zero-order valence-corrected chi connectivity index (χ0v) is 9.90. The molecule has 1 atom stereocenters. The van der Waals surface area contributed by atoms with E-state index in [-0.39, 0.29) is 11.9 Å². The van der Waals surface area contributed by atoms with Crippen LogP contribution in [0.1, 0.15) is 31.2 Å². The van der Waals surface area contributed by atoms with Crippen molar-refractivity contribution in [2.24, 2.45) is 0 Å². The Hall–Kier alpha value is -1.13. The second-order valence-electron chi connectivity index (χ2n) is 3.99. The zero-order chi connectivity index (χ0) is 12.0. The minimum absolute atomic E-state index is 0.197. The van der Waals surface area contributed by atoms with Crippen LogP contribution < -0.4 is 5.32 Å². The molecule has 3 N–H and O–H groups in total. The van der Waals surface area contributed by atoms with E-state index in [1.807, 2.05) is 13.8 Å². The molecule has 1 aromatic rings. The quantitative estimate of drug-likeness (QED) is 0.682. The second-order valence-corrected chi connectivity index (χ2v) is 3.99. The van der Waals surface area contributed by atoms with Gasteiger partial charge in [0, 0.05) is 18.8 Å². The molecule has 16 heavy (non-hydrogen) atoms. The molecule has 4 nitrogen and oxygen atoms in total. The van der Waals surface area contributed by atoms with Crippen molar-refractivity contribution < 1.29 is 10.2 Å². The number of nitrogens with zero attached hydrogens (tertiary/aromatic N) is 1. The molecule has 0 aromatic carbocycles. The third-order valence-corrected chi connectivity index (χ3v) is 2.38. The van der Waals surface area contributed by atoms with Crippen molar-refractivity contribution >= 4 is 0 Å². The summed E-state index contributed by atoms with van der Waals surface area (Å²) in [7, 11) is 0. The van der Waals surface area contributed by atoms with Gasteiger partial charge in [-0.1, -0.05) is 13.3 Å². The van der Waals surface area contributed by atoms with E-state index in [1.54, 1.807) is 12.1 Å². The number of hydrogen-bond donors (Lipinski definition) is 3. The summed E-state index contributed by atoms with van der Waals surface area (Å²) in [6.45, 7) is 4.93. The van der Waals surface area contributed by atoms with Crippen LogP contribution in [-0.2, 0) is 6.54 Å². The van der Waals surface area contributed by atoms with E-state index < -0.39 is 0 Å². The highest BCUT2D eigenvalue weighted by Crippen LogP contribution is 2.13. The molecule has 0 saturated carbocycles. The van der Waals surface area contributed by atoms with Gasteiger partial charge in [-0.2, -0.15) is 0 Å². The first kappa shape index (κ1) is 12.9. The molecule has 0 aliphatic carbocycles. The van der Waals surface area contributed by atoms with Crippen LogP contribution in [0.3, 0.4) is 0 Å². The number of hydrogen-bond acceptors (Lipinski definition) is 4. The van der Waals surface area contributed by atoms with Gasteiger partial charge < -0.3 is 15.5 Å². The lowest BCUT2D eigenvalue weighted by Crippen LogP contribution is -2.26. The molecule has 0 aliphatic heterocycles. The van der Waals surface area contributed by atoms with E-state index in [1.165, 1.54) is 0 Å². The molecule has 90 valence electrons. The Bertz CT molecular complexity index is 329. The molecule has 0 saturated heterocycles. The Kier molecular flexibility index (Phi) is 5.22. The molecular formula is C12H20N2O2. The smallest absolute Gasteiger partial charge is 0.138 e. The van der Waals surface area contributed by atoms with E-state index >= 15 is 0 Å².